The van der Waals surface area contributed by atoms with Gasteiger partial charge in [0.05, 0.1) is 22.1 Å². The molecule has 0 unspecified atom stereocenters. The van der Waals surface area contributed by atoms with Gasteiger partial charge in [0.25, 0.3) is 0 Å². The third-order valence-corrected chi connectivity index (χ3v) is 9.64. The summed E-state index contributed by atoms with van der Waals surface area (Å²) >= 11 is 0. The van der Waals surface area contributed by atoms with Gasteiger partial charge in [0, 0.05) is 43.7 Å². The Bertz CT molecular complexity index is 2790. The number of hydrogen-bond donors (Lipinski definition) is 0. The molecule has 49 heavy (non-hydrogen) atoms. The number of benzene rings is 7. The Morgan fingerprint density at radius 2 is 0.816 bits per heavy atom. The van der Waals surface area contributed by atoms with Gasteiger partial charge in [-0.05, 0) is 97.8 Å². The summed E-state index contributed by atoms with van der Waals surface area (Å²) in [6, 6.07) is 56.5. The maximum Gasteiger partial charge on any atom is 0.135 e. The normalized spacial score (nSPS) is 11.8. The fourth-order valence-electron chi connectivity index (χ4n) is 7.29. The van der Waals surface area contributed by atoms with Crippen molar-refractivity contribution in [3.05, 3.63) is 170 Å². The van der Waals surface area contributed by atoms with Gasteiger partial charge in [-0.3, -0.25) is 0 Å². The van der Waals surface area contributed by atoms with E-state index in [2.05, 4.69) is 167 Å². The Hall–Kier alpha value is -6.32. The molecule has 10 rings (SSSR count). The van der Waals surface area contributed by atoms with E-state index in [0.717, 1.165) is 27.6 Å². The third-order valence-electron chi connectivity index (χ3n) is 9.64. The molecule has 0 N–H and O–H groups in total. The number of para-hydroxylation sites is 4. The first-order valence-corrected chi connectivity index (χ1v) is 16.8. The molecule has 7 aromatic carbocycles. The van der Waals surface area contributed by atoms with E-state index in [-0.39, 0.29) is 0 Å². The van der Waals surface area contributed by atoms with E-state index in [1.54, 1.807) is 0 Å². The van der Waals surface area contributed by atoms with Crippen LogP contribution in [-0.4, -0.2) is 9.13 Å². The van der Waals surface area contributed by atoms with Crippen molar-refractivity contribution in [2.45, 2.75) is 13.8 Å². The summed E-state index contributed by atoms with van der Waals surface area (Å²) in [6.45, 7) is 4.00. The zero-order valence-corrected chi connectivity index (χ0v) is 27.5. The Labute approximate surface area is 284 Å². The standard InChI is InChI=1S/C42H26N2O.C4H8/c1-2-10-29(11-3-1)43-39-17-9-6-14-33(39)34-24-27(18-21-40(34)43)28-19-22-41-35(25-28)36-26-30(20-23-42(36)45-41)44-37-15-7-4-12-31(37)32-13-5-8-16-38(32)44;1-3-4-2/h1-26H;3-4H,1-2H3/b;4-3-. The lowest BCUT2D eigenvalue weighted by Gasteiger charge is -2.08. The van der Waals surface area contributed by atoms with E-state index >= 15 is 0 Å². The molecule has 0 fully saturated rings. The van der Waals surface area contributed by atoms with Crippen LogP contribution in [0.5, 0.6) is 0 Å². The lowest BCUT2D eigenvalue weighted by molar-refractivity contribution is 0.669. The molecule has 0 amide bonds. The van der Waals surface area contributed by atoms with Crippen LogP contribution in [0.2, 0.25) is 0 Å². The van der Waals surface area contributed by atoms with Gasteiger partial charge in [-0.25, -0.2) is 0 Å². The molecule has 3 nitrogen and oxygen atoms in total. The summed E-state index contributed by atoms with van der Waals surface area (Å²) in [5.74, 6) is 0. The number of allylic oxidation sites excluding steroid dienone is 2. The molecule has 0 bridgehead atoms. The van der Waals surface area contributed by atoms with Crippen molar-refractivity contribution in [2.75, 3.05) is 0 Å². The van der Waals surface area contributed by atoms with Crippen molar-refractivity contribution in [3.8, 4) is 22.5 Å². The summed E-state index contributed by atoms with van der Waals surface area (Å²) in [4.78, 5) is 0. The third kappa shape index (κ3) is 4.66. The molecule has 0 saturated heterocycles. The number of hydrogen-bond acceptors (Lipinski definition) is 1. The summed E-state index contributed by atoms with van der Waals surface area (Å²) in [5, 5.41) is 7.26. The quantitative estimate of drug-likeness (QED) is 0.178. The van der Waals surface area contributed by atoms with E-state index in [4.69, 9.17) is 4.42 Å². The number of aromatic nitrogens is 2. The van der Waals surface area contributed by atoms with Crippen LogP contribution in [0.15, 0.2) is 174 Å². The average molecular weight is 631 g/mol. The molecule has 234 valence electrons. The van der Waals surface area contributed by atoms with E-state index < -0.39 is 0 Å². The molecule has 0 spiro atoms. The minimum atomic E-state index is 0.896. The predicted molar refractivity (Wildman–Crippen MR) is 208 cm³/mol. The van der Waals surface area contributed by atoms with E-state index in [1.807, 2.05) is 26.0 Å². The van der Waals surface area contributed by atoms with Gasteiger partial charge >= 0.3 is 0 Å². The maximum absolute atomic E-state index is 6.36. The van der Waals surface area contributed by atoms with Crippen molar-refractivity contribution >= 4 is 65.6 Å². The molecule has 3 heterocycles. The van der Waals surface area contributed by atoms with Crippen LogP contribution in [0, 0.1) is 0 Å². The van der Waals surface area contributed by atoms with E-state index in [0.29, 0.717) is 0 Å². The minimum absolute atomic E-state index is 0.896. The predicted octanol–water partition coefficient (Wildman–Crippen LogP) is 13.0. The van der Waals surface area contributed by atoms with Crippen molar-refractivity contribution in [1.29, 1.82) is 0 Å². The van der Waals surface area contributed by atoms with Gasteiger partial charge in [-0.1, -0.05) is 97.1 Å². The highest BCUT2D eigenvalue weighted by atomic mass is 16.3. The van der Waals surface area contributed by atoms with Crippen molar-refractivity contribution in [3.63, 3.8) is 0 Å². The SMILES string of the molecule is C/C=C\C.c1ccc(-n2c3ccccc3c3cc(-c4ccc5oc6ccc(-n7c8ccccc8c8ccccc87)cc6c5c4)ccc32)cc1. The highest BCUT2D eigenvalue weighted by molar-refractivity contribution is 6.12. The molecule has 0 aliphatic rings. The van der Waals surface area contributed by atoms with E-state index in [1.165, 1.54) is 60.4 Å². The second-order valence-electron chi connectivity index (χ2n) is 12.4. The van der Waals surface area contributed by atoms with Crippen LogP contribution >= 0.6 is 0 Å². The van der Waals surface area contributed by atoms with Crippen molar-refractivity contribution < 1.29 is 4.42 Å². The second-order valence-corrected chi connectivity index (χ2v) is 12.4. The monoisotopic (exact) mass is 630 g/mol. The molecule has 0 atom stereocenters. The molecule has 0 aliphatic heterocycles. The Morgan fingerprint density at radius 1 is 0.367 bits per heavy atom. The van der Waals surface area contributed by atoms with Crippen LogP contribution in [0.3, 0.4) is 0 Å². The second kappa shape index (κ2) is 11.7. The lowest BCUT2D eigenvalue weighted by Crippen LogP contribution is -1.93. The van der Waals surface area contributed by atoms with Gasteiger partial charge < -0.3 is 13.6 Å². The fourth-order valence-corrected chi connectivity index (χ4v) is 7.29. The smallest absolute Gasteiger partial charge is 0.135 e. The zero-order valence-electron chi connectivity index (χ0n) is 27.5. The molecule has 0 saturated carbocycles. The topological polar surface area (TPSA) is 23.0 Å². The van der Waals surface area contributed by atoms with Gasteiger partial charge in [-0.2, -0.15) is 0 Å². The van der Waals surface area contributed by atoms with Crippen LogP contribution in [-0.2, 0) is 0 Å². The van der Waals surface area contributed by atoms with E-state index in [9.17, 15) is 0 Å². The molecule has 3 heteroatoms. The molecule has 0 radical (unpaired) electrons. The first-order valence-electron chi connectivity index (χ1n) is 16.8. The van der Waals surface area contributed by atoms with Crippen LogP contribution < -0.4 is 0 Å². The van der Waals surface area contributed by atoms with Gasteiger partial charge in [0.1, 0.15) is 11.2 Å². The first-order chi connectivity index (χ1) is 24.2. The van der Waals surface area contributed by atoms with Gasteiger partial charge in [0.15, 0.2) is 0 Å². The highest BCUT2D eigenvalue weighted by Crippen LogP contribution is 2.39. The van der Waals surface area contributed by atoms with Crippen LogP contribution in [0.1, 0.15) is 13.8 Å². The Morgan fingerprint density at radius 3 is 1.43 bits per heavy atom. The molecular weight excluding hydrogens is 597 g/mol. The average Bonchev–Trinajstić information content (AvgIpc) is 3.82. The fraction of sp³-hybridized carbons (Fsp3) is 0.0435. The largest absolute Gasteiger partial charge is 0.456 e. The summed E-state index contributed by atoms with van der Waals surface area (Å²) in [7, 11) is 0. The number of rotatable bonds is 3. The zero-order chi connectivity index (χ0) is 32.9. The summed E-state index contributed by atoms with van der Waals surface area (Å²) < 4.78 is 11.1. The summed E-state index contributed by atoms with van der Waals surface area (Å²) in [6.07, 6.45) is 4.00. The number of fused-ring (bicyclic) bond motifs is 9. The summed E-state index contributed by atoms with van der Waals surface area (Å²) in [5.41, 5.74) is 11.3. The Balaban J connectivity index is 0.000000773. The first kappa shape index (κ1) is 28.9. The van der Waals surface area contributed by atoms with Crippen LogP contribution in [0.25, 0.3) is 88.1 Å². The molecular formula is C46H34N2O. The maximum atomic E-state index is 6.36. The molecule has 0 aliphatic carbocycles. The van der Waals surface area contributed by atoms with Gasteiger partial charge in [0.2, 0.25) is 0 Å². The van der Waals surface area contributed by atoms with Crippen molar-refractivity contribution in [2.24, 2.45) is 0 Å². The lowest BCUT2D eigenvalue weighted by atomic mass is 10.0. The highest BCUT2D eigenvalue weighted by Gasteiger charge is 2.16. The molecule has 3 aromatic heterocycles. The minimum Gasteiger partial charge on any atom is -0.456 e. The van der Waals surface area contributed by atoms with Crippen molar-refractivity contribution in [1.82, 2.24) is 9.13 Å². The van der Waals surface area contributed by atoms with Gasteiger partial charge in [-0.15, -0.1) is 0 Å². The number of nitrogens with zero attached hydrogens (tertiary/aromatic N) is 2. The van der Waals surface area contributed by atoms with Crippen LogP contribution in [0.4, 0.5) is 0 Å². The Kier molecular flexibility index (Phi) is 6.91. The molecule has 10 aromatic rings. The number of furan rings is 1.